The van der Waals surface area contributed by atoms with E-state index in [1.807, 2.05) is 21.0 Å². The van der Waals surface area contributed by atoms with Gasteiger partial charge in [-0.25, -0.2) is 4.79 Å². The molecule has 1 unspecified atom stereocenters. The van der Waals surface area contributed by atoms with E-state index in [0.29, 0.717) is 5.56 Å². The molecule has 4 nitrogen and oxygen atoms in total. The number of ether oxygens (including phenoxy) is 2. The van der Waals surface area contributed by atoms with E-state index >= 15 is 0 Å². The second-order valence-electron chi connectivity index (χ2n) is 4.21. The van der Waals surface area contributed by atoms with Gasteiger partial charge in [0.1, 0.15) is 11.9 Å². The molecule has 0 saturated heterocycles. The third kappa shape index (κ3) is 4.44. The maximum Gasteiger partial charge on any atom is 0.337 e. The van der Waals surface area contributed by atoms with Crippen molar-refractivity contribution >= 4 is 5.97 Å². The van der Waals surface area contributed by atoms with E-state index in [1.165, 1.54) is 7.11 Å². The molecule has 1 rings (SSSR count). The van der Waals surface area contributed by atoms with Gasteiger partial charge in [0.2, 0.25) is 0 Å². The number of carbonyl (C=O) groups is 1. The van der Waals surface area contributed by atoms with E-state index in [-0.39, 0.29) is 12.1 Å². The van der Waals surface area contributed by atoms with Crippen LogP contribution < -0.4 is 4.74 Å². The molecule has 0 aliphatic rings. The lowest BCUT2D eigenvalue weighted by Gasteiger charge is -2.18. The highest BCUT2D eigenvalue weighted by atomic mass is 16.5. The van der Waals surface area contributed by atoms with E-state index in [2.05, 4.69) is 9.64 Å². The van der Waals surface area contributed by atoms with Crippen molar-refractivity contribution < 1.29 is 14.3 Å². The molecule has 0 amide bonds. The first-order valence-corrected chi connectivity index (χ1v) is 5.52. The lowest BCUT2D eigenvalue weighted by atomic mass is 10.2. The molecule has 0 fully saturated rings. The third-order valence-electron chi connectivity index (χ3n) is 2.23. The average Bonchev–Trinajstić information content (AvgIpc) is 2.28. The quantitative estimate of drug-likeness (QED) is 0.732. The van der Waals surface area contributed by atoms with E-state index in [9.17, 15) is 4.79 Å². The van der Waals surface area contributed by atoms with Gasteiger partial charge in [0.05, 0.1) is 12.7 Å². The molecule has 0 aromatic heterocycles. The highest BCUT2D eigenvalue weighted by molar-refractivity contribution is 5.89. The fourth-order valence-electron chi connectivity index (χ4n) is 1.57. The van der Waals surface area contributed by atoms with E-state index < -0.39 is 0 Å². The zero-order valence-corrected chi connectivity index (χ0v) is 10.8. The number of hydrogen-bond acceptors (Lipinski definition) is 4. The summed E-state index contributed by atoms with van der Waals surface area (Å²) in [6.45, 7) is 2.85. The van der Waals surface area contributed by atoms with Crippen LogP contribution in [-0.4, -0.2) is 44.7 Å². The summed E-state index contributed by atoms with van der Waals surface area (Å²) in [6.07, 6.45) is 0.106. The molecule has 4 heteroatoms. The largest absolute Gasteiger partial charge is 0.489 e. The van der Waals surface area contributed by atoms with E-state index in [0.717, 1.165) is 12.3 Å². The van der Waals surface area contributed by atoms with Gasteiger partial charge in [-0.05, 0) is 45.3 Å². The van der Waals surface area contributed by atoms with Crippen molar-refractivity contribution in [2.45, 2.75) is 13.0 Å². The molecule has 0 radical (unpaired) electrons. The molecule has 0 saturated carbocycles. The number of hydrogen-bond donors (Lipinski definition) is 0. The Morgan fingerprint density at radius 3 is 2.35 bits per heavy atom. The van der Waals surface area contributed by atoms with E-state index in [1.54, 1.807) is 24.3 Å². The van der Waals surface area contributed by atoms with Crippen molar-refractivity contribution in [2.75, 3.05) is 27.7 Å². The van der Waals surface area contributed by atoms with Gasteiger partial charge < -0.3 is 14.4 Å². The Bertz CT molecular complexity index is 359. The zero-order valence-electron chi connectivity index (χ0n) is 10.8. The van der Waals surface area contributed by atoms with Gasteiger partial charge >= 0.3 is 5.97 Å². The number of methoxy groups -OCH3 is 1. The Morgan fingerprint density at radius 2 is 1.88 bits per heavy atom. The molecule has 0 aliphatic heterocycles. The van der Waals surface area contributed by atoms with Gasteiger partial charge in [0.15, 0.2) is 0 Å². The molecule has 1 aromatic carbocycles. The summed E-state index contributed by atoms with van der Waals surface area (Å²) < 4.78 is 10.3. The van der Waals surface area contributed by atoms with Gasteiger partial charge in [-0.3, -0.25) is 0 Å². The summed E-state index contributed by atoms with van der Waals surface area (Å²) in [5.74, 6) is 0.421. The highest BCUT2D eigenvalue weighted by Gasteiger charge is 2.07. The summed E-state index contributed by atoms with van der Waals surface area (Å²) in [6, 6.07) is 6.95. The molecule has 0 heterocycles. The predicted molar refractivity (Wildman–Crippen MR) is 66.4 cm³/mol. The van der Waals surface area contributed by atoms with Gasteiger partial charge in [-0.2, -0.15) is 0 Å². The van der Waals surface area contributed by atoms with Crippen LogP contribution in [-0.2, 0) is 4.74 Å². The van der Waals surface area contributed by atoms with Crippen LogP contribution in [0.25, 0.3) is 0 Å². The van der Waals surface area contributed by atoms with E-state index in [4.69, 9.17) is 4.74 Å². The fraction of sp³-hybridized carbons (Fsp3) is 0.462. The second kappa shape index (κ2) is 6.25. The third-order valence-corrected chi connectivity index (χ3v) is 2.23. The van der Waals surface area contributed by atoms with Crippen molar-refractivity contribution in [1.29, 1.82) is 0 Å². The molecular weight excluding hydrogens is 218 g/mol. The molecule has 17 heavy (non-hydrogen) atoms. The van der Waals surface area contributed by atoms with Crippen LogP contribution in [0.3, 0.4) is 0 Å². The van der Waals surface area contributed by atoms with Crippen LogP contribution in [0.5, 0.6) is 5.75 Å². The summed E-state index contributed by atoms with van der Waals surface area (Å²) in [5.41, 5.74) is 0.528. The highest BCUT2D eigenvalue weighted by Crippen LogP contribution is 2.14. The molecule has 1 aromatic rings. The first-order chi connectivity index (χ1) is 8.02. The topological polar surface area (TPSA) is 38.8 Å². The molecule has 94 valence electrons. The minimum Gasteiger partial charge on any atom is -0.489 e. The number of carbonyl (C=O) groups excluding carboxylic acids is 1. The number of rotatable bonds is 5. The van der Waals surface area contributed by atoms with Crippen molar-refractivity contribution in [1.82, 2.24) is 4.90 Å². The Hall–Kier alpha value is -1.55. The predicted octanol–water partition coefficient (Wildman–Crippen LogP) is 1.80. The van der Waals surface area contributed by atoms with Crippen LogP contribution in [0.1, 0.15) is 17.3 Å². The van der Waals surface area contributed by atoms with Crippen molar-refractivity contribution in [3.8, 4) is 5.75 Å². The minimum atomic E-state index is -0.335. The molecule has 0 N–H and O–H groups in total. The van der Waals surface area contributed by atoms with Crippen molar-refractivity contribution in [2.24, 2.45) is 0 Å². The number of likely N-dealkylation sites (N-methyl/N-ethyl adjacent to an activating group) is 1. The van der Waals surface area contributed by atoms with Crippen molar-refractivity contribution in [3.05, 3.63) is 29.8 Å². The smallest absolute Gasteiger partial charge is 0.337 e. The SMILES string of the molecule is COC(=O)c1ccc(OC(C)CN(C)C)cc1. The Kier molecular flexibility index (Phi) is 4.97. The number of nitrogens with zero attached hydrogens (tertiary/aromatic N) is 1. The molecule has 0 spiro atoms. The first-order valence-electron chi connectivity index (χ1n) is 5.52. The number of benzene rings is 1. The fourth-order valence-corrected chi connectivity index (χ4v) is 1.57. The summed E-state index contributed by atoms with van der Waals surface area (Å²) in [5, 5.41) is 0. The average molecular weight is 237 g/mol. The van der Waals surface area contributed by atoms with Gasteiger partial charge in [0, 0.05) is 6.54 Å². The maximum absolute atomic E-state index is 11.2. The lowest BCUT2D eigenvalue weighted by molar-refractivity contribution is 0.0600. The molecule has 1 atom stereocenters. The standard InChI is InChI=1S/C13H19NO3/c1-10(9-14(2)3)17-12-7-5-11(6-8-12)13(15)16-4/h5-8,10H,9H2,1-4H3. The Morgan fingerprint density at radius 1 is 1.29 bits per heavy atom. The van der Waals surface area contributed by atoms with Gasteiger partial charge in [0.25, 0.3) is 0 Å². The number of esters is 1. The van der Waals surface area contributed by atoms with Crippen molar-refractivity contribution in [3.63, 3.8) is 0 Å². The first kappa shape index (κ1) is 13.5. The molecule has 0 bridgehead atoms. The lowest BCUT2D eigenvalue weighted by Crippen LogP contribution is -2.27. The maximum atomic E-state index is 11.2. The van der Waals surface area contributed by atoms with Crippen LogP contribution in [0.4, 0.5) is 0 Å². The molecular formula is C13H19NO3. The summed E-state index contributed by atoms with van der Waals surface area (Å²) in [7, 11) is 5.37. The van der Waals surface area contributed by atoms with Gasteiger partial charge in [-0.1, -0.05) is 0 Å². The van der Waals surface area contributed by atoms with Crippen LogP contribution in [0.15, 0.2) is 24.3 Å². The zero-order chi connectivity index (χ0) is 12.8. The molecule has 0 aliphatic carbocycles. The summed E-state index contributed by atoms with van der Waals surface area (Å²) in [4.78, 5) is 13.3. The second-order valence-corrected chi connectivity index (χ2v) is 4.21. The normalized spacial score (nSPS) is 12.3. The van der Waals surface area contributed by atoms with Crippen LogP contribution >= 0.6 is 0 Å². The monoisotopic (exact) mass is 237 g/mol. The van der Waals surface area contributed by atoms with Crippen LogP contribution in [0.2, 0.25) is 0 Å². The minimum absolute atomic E-state index is 0.106. The van der Waals surface area contributed by atoms with Crippen LogP contribution in [0, 0.1) is 0 Å². The summed E-state index contributed by atoms with van der Waals surface area (Å²) >= 11 is 0. The van der Waals surface area contributed by atoms with Gasteiger partial charge in [-0.15, -0.1) is 0 Å². The Balaban J connectivity index is 2.59. The Labute approximate surface area is 102 Å².